The van der Waals surface area contributed by atoms with Gasteiger partial charge in [-0.2, -0.15) is 0 Å². The molecular weight excluding hydrogens is 226 g/mol. The molecule has 2 unspecified atom stereocenters. The molecule has 0 aromatic carbocycles. The number of rotatable bonds is 4. The molecule has 1 aromatic heterocycles. The highest BCUT2D eigenvalue weighted by atomic mass is 16.1. The molecule has 0 bridgehead atoms. The average Bonchev–Trinajstić information content (AvgIpc) is 3.20. The molecule has 2 heterocycles. The monoisotopic (exact) mass is 245 g/mol. The highest BCUT2D eigenvalue weighted by Crippen LogP contribution is 2.49. The van der Waals surface area contributed by atoms with Crippen LogP contribution in [0.2, 0.25) is 0 Å². The minimum absolute atomic E-state index is 0.687. The molecule has 1 aliphatic heterocycles. The Bertz CT molecular complexity index is 401. The van der Waals surface area contributed by atoms with Gasteiger partial charge in [-0.05, 0) is 43.1 Å². The van der Waals surface area contributed by atoms with Crippen LogP contribution in [0.15, 0.2) is 18.5 Å². The van der Waals surface area contributed by atoms with Gasteiger partial charge in [-0.15, -0.1) is 0 Å². The zero-order valence-electron chi connectivity index (χ0n) is 10.5. The summed E-state index contributed by atoms with van der Waals surface area (Å²) in [4.78, 5) is 21.4. The molecule has 0 radical (unpaired) electrons. The number of piperidine rings is 1. The number of hydrogen-bond acceptors (Lipinski definition) is 4. The average molecular weight is 245 g/mol. The highest BCUT2D eigenvalue weighted by Gasteiger charge is 2.43. The summed E-state index contributed by atoms with van der Waals surface area (Å²) in [5.41, 5.74) is 0. The maximum Gasteiger partial charge on any atom is 0.225 e. The van der Waals surface area contributed by atoms with E-state index < -0.39 is 0 Å². The molecule has 0 spiro atoms. The summed E-state index contributed by atoms with van der Waals surface area (Å²) < 4.78 is 0. The Morgan fingerprint density at radius 1 is 1.28 bits per heavy atom. The van der Waals surface area contributed by atoms with Crippen molar-refractivity contribution in [3.05, 3.63) is 18.5 Å². The van der Waals surface area contributed by atoms with Gasteiger partial charge in [0.15, 0.2) is 0 Å². The third-order valence-electron chi connectivity index (χ3n) is 4.36. The minimum Gasteiger partial charge on any atom is -0.341 e. The molecule has 18 heavy (non-hydrogen) atoms. The lowest BCUT2D eigenvalue weighted by Crippen LogP contribution is -2.35. The lowest BCUT2D eigenvalue weighted by atomic mass is 9.91. The van der Waals surface area contributed by atoms with Gasteiger partial charge in [0.2, 0.25) is 5.95 Å². The number of aromatic nitrogens is 2. The lowest BCUT2D eigenvalue weighted by molar-refractivity contribution is -0.108. The Hall–Kier alpha value is -1.45. The van der Waals surface area contributed by atoms with E-state index in [9.17, 15) is 4.79 Å². The lowest BCUT2D eigenvalue weighted by Gasteiger charge is -2.32. The van der Waals surface area contributed by atoms with Gasteiger partial charge in [0.25, 0.3) is 0 Å². The van der Waals surface area contributed by atoms with E-state index in [0.717, 1.165) is 43.6 Å². The fourth-order valence-electron chi connectivity index (χ4n) is 3.23. The Balaban J connectivity index is 1.51. The third kappa shape index (κ3) is 2.37. The first-order chi connectivity index (χ1) is 8.88. The fraction of sp³-hybridized carbons (Fsp3) is 0.643. The number of hydrogen-bond donors (Lipinski definition) is 0. The molecule has 3 rings (SSSR count). The van der Waals surface area contributed by atoms with Crippen LogP contribution in [0.3, 0.4) is 0 Å². The van der Waals surface area contributed by atoms with Gasteiger partial charge in [-0.1, -0.05) is 0 Å². The van der Waals surface area contributed by atoms with Gasteiger partial charge in [-0.25, -0.2) is 9.97 Å². The van der Waals surface area contributed by atoms with E-state index in [4.69, 9.17) is 0 Å². The van der Waals surface area contributed by atoms with Crippen molar-refractivity contribution in [2.45, 2.75) is 25.7 Å². The molecule has 1 aromatic rings. The zero-order valence-corrected chi connectivity index (χ0v) is 10.5. The molecule has 4 heteroatoms. The van der Waals surface area contributed by atoms with E-state index >= 15 is 0 Å². The molecule has 0 amide bonds. The molecule has 4 nitrogen and oxygen atoms in total. The number of anilines is 1. The topological polar surface area (TPSA) is 46.1 Å². The van der Waals surface area contributed by atoms with Gasteiger partial charge in [-0.3, -0.25) is 0 Å². The van der Waals surface area contributed by atoms with Gasteiger partial charge in [0, 0.05) is 31.9 Å². The van der Waals surface area contributed by atoms with Crippen LogP contribution in [0.1, 0.15) is 25.7 Å². The second-order valence-electron chi connectivity index (χ2n) is 5.44. The molecule has 96 valence electrons. The van der Waals surface area contributed by atoms with Crippen LogP contribution in [0.5, 0.6) is 0 Å². The zero-order chi connectivity index (χ0) is 12.4. The summed E-state index contributed by atoms with van der Waals surface area (Å²) in [7, 11) is 0. The predicted molar refractivity (Wildman–Crippen MR) is 69.2 cm³/mol. The van der Waals surface area contributed by atoms with Gasteiger partial charge in [0.1, 0.15) is 6.29 Å². The Morgan fingerprint density at radius 3 is 2.67 bits per heavy atom. The van der Waals surface area contributed by atoms with E-state index in [1.54, 1.807) is 12.4 Å². The third-order valence-corrected chi connectivity index (χ3v) is 4.36. The summed E-state index contributed by atoms with van der Waals surface area (Å²) in [6, 6.07) is 1.85. The largest absolute Gasteiger partial charge is 0.341 e. The summed E-state index contributed by atoms with van der Waals surface area (Å²) in [5, 5.41) is 0. The van der Waals surface area contributed by atoms with E-state index in [-0.39, 0.29) is 0 Å². The summed E-state index contributed by atoms with van der Waals surface area (Å²) in [5.74, 6) is 3.17. The Morgan fingerprint density at radius 2 is 2.00 bits per heavy atom. The van der Waals surface area contributed by atoms with E-state index in [0.29, 0.717) is 5.92 Å². The summed E-state index contributed by atoms with van der Waals surface area (Å²) >= 11 is 0. The van der Waals surface area contributed by atoms with Crippen LogP contribution in [0.25, 0.3) is 0 Å². The van der Waals surface area contributed by atoms with Crippen molar-refractivity contribution in [3.63, 3.8) is 0 Å². The van der Waals surface area contributed by atoms with Crippen LogP contribution in [0, 0.1) is 17.8 Å². The van der Waals surface area contributed by atoms with Crippen molar-refractivity contribution in [2.24, 2.45) is 17.8 Å². The maximum atomic E-state index is 10.5. The van der Waals surface area contributed by atoms with E-state index in [1.807, 2.05) is 6.07 Å². The van der Waals surface area contributed by atoms with Crippen molar-refractivity contribution in [1.82, 2.24) is 9.97 Å². The molecule has 2 fully saturated rings. The Labute approximate surface area is 107 Å². The predicted octanol–water partition coefficient (Wildman–Crippen LogP) is 1.92. The van der Waals surface area contributed by atoms with Crippen LogP contribution in [0.4, 0.5) is 5.95 Å². The first-order valence-corrected chi connectivity index (χ1v) is 6.84. The number of carbonyl (C=O) groups excluding carboxylic acids is 1. The quantitative estimate of drug-likeness (QED) is 0.760. The molecule has 0 N–H and O–H groups in total. The second-order valence-corrected chi connectivity index (χ2v) is 5.44. The van der Waals surface area contributed by atoms with Gasteiger partial charge >= 0.3 is 0 Å². The van der Waals surface area contributed by atoms with Crippen molar-refractivity contribution in [1.29, 1.82) is 0 Å². The van der Waals surface area contributed by atoms with Gasteiger partial charge in [0.05, 0.1) is 0 Å². The van der Waals surface area contributed by atoms with Crippen LogP contribution >= 0.6 is 0 Å². The van der Waals surface area contributed by atoms with E-state index in [2.05, 4.69) is 14.9 Å². The molecule has 2 aliphatic rings. The Kier molecular flexibility index (Phi) is 3.26. The SMILES string of the molecule is O=CCC1CC1C1CCN(c2ncccn2)CC1. The van der Waals surface area contributed by atoms with Crippen LogP contribution in [-0.4, -0.2) is 29.3 Å². The van der Waals surface area contributed by atoms with Crippen LogP contribution < -0.4 is 4.90 Å². The second kappa shape index (κ2) is 5.04. The van der Waals surface area contributed by atoms with Crippen molar-refractivity contribution in [2.75, 3.05) is 18.0 Å². The minimum atomic E-state index is 0.687. The van der Waals surface area contributed by atoms with E-state index in [1.165, 1.54) is 19.3 Å². The van der Waals surface area contributed by atoms with Crippen molar-refractivity contribution >= 4 is 12.2 Å². The standard InChI is InChI=1S/C14H19N3O/c18-9-4-12-10-13(12)11-2-7-17(8-3-11)14-15-5-1-6-16-14/h1,5-6,9,11-13H,2-4,7-8,10H2. The number of carbonyl (C=O) groups is 1. The van der Waals surface area contributed by atoms with Crippen LogP contribution in [-0.2, 0) is 4.79 Å². The molecule has 1 saturated heterocycles. The number of aldehydes is 1. The fourth-order valence-corrected chi connectivity index (χ4v) is 3.23. The molecule has 2 atom stereocenters. The van der Waals surface area contributed by atoms with Crippen molar-refractivity contribution in [3.8, 4) is 0 Å². The normalized spacial score (nSPS) is 28.1. The summed E-state index contributed by atoms with van der Waals surface area (Å²) in [6.45, 7) is 2.11. The molecule has 1 aliphatic carbocycles. The number of nitrogens with zero attached hydrogens (tertiary/aromatic N) is 3. The first-order valence-electron chi connectivity index (χ1n) is 6.84. The summed E-state index contributed by atoms with van der Waals surface area (Å²) in [6.07, 6.45) is 9.16. The molecular formula is C14H19N3O. The smallest absolute Gasteiger partial charge is 0.225 e. The molecule has 1 saturated carbocycles. The highest BCUT2D eigenvalue weighted by molar-refractivity contribution is 5.50. The first kappa shape index (κ1) is 11.6. The maximum absolute atomic E-state index is 10.5. The van der Waals surface area contributed by atoms with Crippen molar-refractivity contribution < 1.29 is 4.79 Å². The van der Waals surface area contributed by atoms with Gasteiger partial charge < -0.3 is 9.69 Å².